The number of allylic oxidation sites excluding steroid dienone is 2. The first-order valence-corrected chi connectivity index (χ1v) is 7.65. The maximum Gasteiger partial charge on any atom is -0.00195 e. The lowest BCUT2D eigenvalue weighted by atomic mass is 9.93. The van der Waals surface area contributed by atoms with Crippen LogP contribution in [-0.2, 0) is 12.8 Å². The van der Waals surface area contributed by atoms with Gasteiger partial charge in [-0.3, -0.25) is 0 Å². The molecule has 0 aromatic heterocycles. The smallest absolute Gasteiger partial charge is 0.00195 e. The van der Waals surface area contributed by atoms with Crippen LogP contribution in [0.5, 0.6) is 0 Å². The summed E-state index contributed by atoms with van der Waals surface area (Å²) < 4.78 is 0. The summed E-state index contributed by atoms with van der Waals surface area (Å²) in [6.07, 6.45) is 7.60. The van der Waals surface area contributed by atoms with Crippen LogP contribution < -0.4 is 0 Å². The highest BCUT2D eigenvalue weighted by Crippen LogP contribution is 2.26. The molecule has 0 aliphatic heterocycles. The van der Waals surface area contributed by atoms with Crippen LogP contribution in [0.25, 0.3) is 6.08 Å². The van der Waals surface area contributed by atoms with E-state index in [2.05, 4.69) is 69.0 Å². The Morgan fingerprint density at radius 3 is 2.48 bits per heavy atom. The molecule has 0 bridgehead atoms. The van der Waals surface area contributed by atoms with Crippen LogP contribution in [0, 0.1) is 13.8 Å². The van der Waals surface area contributed by atoms with E-state index in [1.807, 2.05) is 0 Å². The summed E-state index contributed by atoms with van der Waals surface area (Å²) in [4.78, 5) is 0. The number of aryl methyl sites for hydroxylation is 3. The van der Waals surface area contributed by atoms with E-state index >= 15 is 0 Å². The highest BCUT2D eigenvalue weighted by Gasteiger charge is 2.10. The van der Waals surface area contributed by atoms with Gasteiger partial charge in [0.15, 0.2) is 0 Å². The Balaban J connectivity index is 2.00. The van der Waals surface area contributed by atoms with Crippen LogP contribution in [0.2, 0.25) is 0 Å². The second kappa shape index (κ2) is 5.73. The first kappa shape index (κ1) is 13.9. The zero-order chi connectivity index (χ0) is 14.8. The number of fused-ring (bicyclic) bond motifs is 1. The minimum absolute atomic E-state index is 1.00. The molecule has 0 nitrogen and oxygen atoms in total. The largest absolute Gasteiger partial charge is 0.0958 e. The lowest BCUT2D eigenvalue weighted by Gasteiger charge is -2.11. The van der Waals surface area contributed by atoms with E-state index in [9.17, 15) is 0 Å². The Morgan fingerprint density at radius 1 is 0.952 bits per heavy atom. The Bertz CT molecular complexity index is 697. The molecular formula is C21H22. The van der Waals surface area contributed by atoms with Crippen LogP contribution in [0.3, 0.4) is 0 Å². The number of hydrogen-bond acceptors (Lipinski definition) is 0. The molecule has 2 aromatic carbocycles. The van der Waals surface area contributed by atoms with Crippen molar-refractivity contribution in [1.82, 2.24) is 0 Å². The third kappa shape index (κ3) is 3.16. The van der Waals surface area contributed by atoms with Crippen molar-refractivity contribution in [3.05, 3.63) is 88.0 Å². The van der Waals surface area contributed by atoms with Crippen molar-refractivity contribution < 1.29 is 0 Å². The molecule has 0 saturated carbocycles. The molecule has 3 rings (SSSR count). The van der Waals surface area contributed by atoms with Crippen molar-refractivity contribution >= 4 is 6.08 Å². The van der Waals surface area contributed by atoms with Gasteiger partial charge in [-0.1, -0.05) is 71.8 Å². The highest BCUT2D eigenvalue weighted by atomic mass is 14.1. The van der Waals surface area contributed by atoms with E-state index in [0.29, 0.717) is 0 Å². The van der Waals surface area contributed by atoms with Gasteiger partial charge < -0.3 is 0 Å². The van der Waals surface area contributed by atoms with Gasteiger partial charge in [-0.15, -0.1) is 0 Å². The fraction of sp³-hybridized carbons (Fsp3) is 0.238. The van der Waals surface area contributed by atoms with Crippen molar-refractivity contribution in [3.63, 3.8) is 0 Å². The lowest BCUT2D eigenvalue weighted by Crippen LogP contribution is -1.97. The third-order valence-electron chi connectivity index (χ3n) is 4.16. The van der Waals surface area contributed by atoms with Crippen LogP contribution in [-0.4, -0.2) is 0 Å². The normalized spacial score (nSPS) is 13.9. The minimum atomic E-state index is 1.00. The second-order valence-electron chi connectivity index (χ2n) is 6.15. The predicted octanol–water partition coefficient (Wildman–Crippen LogP) is 5.41. The molecule has 1 aliphatic carbocycles. The molecule has 1 aliphatic rings. The van der Waals surface area contributed by atoms with Gasteiger partial charge in [-0.2, -0.15) is 0 Å². The first-order chi connectivity index (χ1) is 10.1. The zero-order valence-corrected chi connectivity index (χ0v) is 12.9. The number of rotatable bonds is 2. The van der Waals surface area contributed by atoms with E-state index in [0.717, 1.165) is 19.3 Å². The molecule has 0 fully saturated rings. The quantitative estimate of drug-likeness (QED) is 0.687. The van der Waals surface area contributed by atoms with Crippen molar-refractivity contribution in [2.24, 2.45) is 0 Å². The predicted molar refractivity (Wildman–Crippen MR) is 91.7 cm³/mol. The van der Waals surface area contributed by atoms with Gasteiger partial charge in [-0.25, -0.2) is 0 Å². The summed E-state index contributed by atoms with van der Waals surface area (Å²) in [5, 5.41) is 0. The molecule has 0 radical (unpaired) electrons. The molecule has 0 atom stereocenters. The van der Waals surface area contributed by atoms with E-state index in [-0.39, 0.29) is 0 Å². The molecule has 0 spiro atoms. The van der Waals surface area contributed by atoms with Crippen molar-refractivity contribution in [3.8, 4) is 0 Å². The molecule has 0 saturated heterocycles. The molecule has 0 N–H and O–H groups in total. The van der Waals surface area contributed by atoms with E-state index < -0.39 is 0 Å². The van der Waals surface area contributed by atoms with Gasteiger partial charge >= 0.3 is 0 Å². The average molecular weight is 274 g/mol. The molecule has 0 heterocycles. The molecule has 0 heteroatoms. The van der Waals surface area contributed by atoms with Gasteiger partial charge in [0, 0.05) is 0 Å². The molecule has 0 unspecified atom stereocenters. The lowest BCUT2D eigenvalue weighted by molar-refractivity contribution is 0.969. The Kier molecular flexibility index (Phi) is 3.79. The fourth-order valence-corrected chi connectivity index (χ4v) is 3.22. The van der Waals surface area contributed by atoms with Crippen LogP contribution >= 0.6 is 0 Å². The first-order valence-electron chi connectivity index (χ1n) is 7.65. The van der Waals surface area contributed by atoms with Crippen LogP contribution in [0.4, 0.5) is 0 Å². The monoisotopic (exact) mass is 274 g/mol. The van der Waals surface area contributed by atoms with Crippen LogP contribution in [0.1, 0.15) is 39.8 Å². The van der Waals surface area contributed by atoms with E-state index in [1.54, 1.807) is 0 Å². The standard InChI is InChI=1S/C21H22/c1-15-7-9-19-5-4-6-20(21(19)10-8-15)14-18-12-16(2)11-17(3)13-18/h4-6,8,10-13H,1,7,9,14H2,2-3H3. The number of hydrogen-bond donors (Lipinski definition) is 0. The number of benzene rings is 2. The van der Waals surface area contributed by atoms with Gasteiger partial charge in [-0.05, 0) is 55.4 Å². The van der Waals surface area contributed by atoms with Gasteiger partial charge in [0.2, 0.25) is 0 Å². The highest BCUT2D eigenvalue weighted by molar-refractivity contribution is 5.62. The van der Waals surface area contributed by atoms with Gasteiger partial charge in [0.25, 0.3) is 0 Å². The Hall–Kier alpha value is -2.08. The summed E-state index contributed by atoms with van der Waals surface area (Å²) in [7, 11) is 0. The average Bonchev–Trinajstić information content (AvgIpc) is 2.61. The summed E-state index contributed by atoms with van der Waals surface area (Å²) in [5.41, 5.74) is 9.58. The summed E-state index contributed by atoms with van der Waals surface area (Å²) in [5.74, 6) is 0. The van der Waals surface area contributed by atoms with Gasteiger partial charge in [0.05, 0.1) is 0 Å². The molecule has 0 amide bonds. The second-order valence-corrected chi connectivity index (χ2v) is 6.15. The fourth-order valence-electron chi connectivity index (χ4n) is 3.22. The zero-order valence-electron chi connectivity index (χ0n) is 12.9. The third-order valence-corrected chi connectivity index (χ3v) is 4.16. The van der Waals surface area contributed by atoms with Gasteiger partial charge in [0.1, 0.15) is 0 Å². The minimum Gasteiger partial charge on any atom is -0.0958 e. The van der Waals surface area contributed by atoms with E-state index in [4.69, 9.17) is 0 Å². The Labute approximate surface area is 127 Å². The SMILES string of the molecule is C=C1C=Cc2c(cccc2Cc2cc(C)cc(C)c2)CC1. The molecule has 21 heavy (non-hydrogen) atoms. The van der Waals surface area contributed by atoms with Crippen molar-refractivity contribution in [1.29, 1.82) is 0 Å². The summed E-state index contributed by atoms with van der Waals surface area (Å²) >= 11 is 0. The molecule has 106 valence electrons. The maximum atomic E-state index is 4.11. The Morgan fingerprint density at radius 2 is 1.71 bits per heavy atom. The summed E-state index contributed by atoms with van der Waals surface area (Å²) in [6.45, 7) is 8.45. The van der Waals surface area contributed by atoms with Crippen LogP contribution in [0.15, 0.2) is 54.6 Å². The topological polar surface area (TPSA) is 0 Å². The van der Waals surface area contributed by atoms with Crippen molar-refractivity contribution in [2.45, 2.75) is 33.1 Å². The van der Waals surface area contributed by atoms with Crippen molar-refractivity contribution in [2.75, 3.05) is 0 Å². The molecular weight excluding hydrogens is 252 g/mol. The molecule has 2 aromatic rings. The maximum absolute atomic E-state index is 4.11. The van der Waals surface area contributed by atoms with E-state index in [1.165, 1.54) is 39.0 Å². The summed E-state index contributed by atoms with van der Waals surface area (Å²) in [6, 6.07) is 13.5.